The van der Waals surface area contributed by atoms with Crippen LogP contribution in [0, 0.1) is 6.92 Å². The number of rotatable bonds is 7. The van der Waals surface area contributed by atoms with Gasteiger partial charge in [-0.3, -0.25) is 0 Å². The van der Waals surface area contributed by atoms with Crippen LogP contribution >= 0.6 is 0 Å². The molecular formula is C13H24N4O2S. The minimum atomic E-state index is -3.48. The molecule has 1 atom stereocenters. The van der Waals surface area contributed by atoms with Crippen molar-refractivity contribution < 1.29 is 8.42 Å². The van der Waals surface area contributed by atoms with Gasteiger partial charge in [0.05, 0.1) is 0 Å². The molecule has 0 unspecified atom stereocenters. The predicted octanol–water partition coefficient (Wildman–Crippen LogP) is 1.02. The molecule has 0 aliphatic carbocycles. The number of hydrogen-bond acceptors (Lipinski definition) is 4. The van der Waals surface area contributed by atoms with Gasteiger partial charge in [-0.25, -0.2) is 18.1 Å². The average molecular weight is 300 g/mol. The summed E-state index contributed by atoms with van der Waals surface area (Å²) in [6, 6.07) is 0.442. The fraction of sp³-hybridized carbons (Fsp3) is 0.769. The van der Waals surface area contributed by atoms with Crippen molar-refractivity contribution in [1.82, 2.24) is 19.6 Å². The van der Waals surface area contributed by atoms with Crippen molar-refractivity contribution in [3.8, 4) is 0 Å². The van der Waals surface area contributed by atoms with E-state index in [9.17, 15) is 8.42 Å². The van der Waals surface area contributed by atoms with Crippen LogP contribution in [-0.2, 0) is 16.6 Å². The Bertz CT molecular complexity index is 533. The molecule has 20 heavy (non-hydrogen) atoms. The van der Waals surface area contributed by atoms with E-state index in [1.807, 2.05) is 11.5 Å². The monoisotopic (exact) mass is 300 g/mol. The first-order chi connectivity index (χ1) is 9.53. The lowest BCUT2D eigenvalue weighted by Crippen LogP contribution is -2.30. The first kappa shape index (κ1) is 15.5. The first-order valence-electron chi connectivity index (χ1n) is 7.29. The molecule has 1 aliphatic heterocycles. The molecule has 0 bridgehead atoms. The summed E-state index contributed by atoms with van der Waals surface area (Å²) in [4.78, 5) is 4.15. The third kappa shape index (κ3) is 3.80. The summed E-state index contributed by atoms with van der Waals surface area (Å²) in [7, 11) is -3.48. The molecule has 0 aromatic carbocycles. The second-order valence-electron chi connectivity index (χ2n) is 5.30. The van der Waals surface area contributed by atoms with Gasteiger partial charge in [-0.2, -0.15) is 0 Å². The second kappa shape index (κ2) is 6.69. The summed E-state index contributed by atoms with van der Waals surface area (Å²) in [5.41, 5.74) is 0. The van der Waals surface area contributed by atoms with E-state index in [-0.39, 0.29) is 5.03 Å². The molecule has 0 spiro atoms. The van der Waals surface area contributed by atoms with Gasteiger partial charge < -0.3 is 9.88 Å². The van der Waals surface area contributed by atoms with Crippen molar-refractivity contribution in [2.45, 2.75) is 57.1 Å². The molecule has 0 radical (unpaired) electrons. The highest BCUT2D eigenvalue weighted by molar-refractivity contribution is 7.89. The summed E-state index contributed by atoms with van der Waals surface area (Å²) >= 11 is 0. The Morgan fingerprint density at radius 3 is 3.00 bits per heavy atom. The maximum Gasteiger partial charge on any atom is 0.259 e. The maximum atomic E-state index is 12.2. The lowest BCUT2D eigenvalue weighted by molar-refractivity contribution is 0.538. The van der Waals surface area contributed by atoms with Gasteiger partial charge in [0.1, 0.15) is 5.82 Å². The van der Waals surface area contributed by atoms with Gasteiger partial charge in [-0.1, -0.05) is 6.92 Å². The highest BCUT2D eigenvalue weighted by Crippen LogP contribution is 2.11. The third-order valence-corrected chi connectivity index (χ3v) is 4.97. The van der Waals surface area contributed by atoms with Crippen LogP contribution < -0.4 is 10.0 Å². The molecule has 6 nitrogen and oxygen atoms in total. The topological polar surface area (TPSA) is 76.0 Å². The Labute approximate surface area is 121 Å². The third-order valence-electron chi connectivity index (χ3n) is 3.64. The van der Waals surface area contributed by atoms with Crippen LogP contribution in [0.3, 0.4) is 0 Å². The minimum absolute atomic E-state index is 0.128. The van der Waals surface area contributed by atoms with Crippen LogP contribution in [0.5, 0.6) is 0 Å². The Morgan fingerprint density at radius 2 is 2.35 bits per heavy atom. The average Bonchev–Trinajstić information content (AvgIpc) is 3.01. The summed E-state index contributed by atoms with van der Waals surface area (Å²) in [6.07, 6.45) is 5.71. The summed E-state index contributed by atoms with van der Waals surface area (Å²) in [5, 5.41) is 3.49. The van der Waals surface area contributed by atoms with Crippen molar-refractivity contribution in [3.05, 3.63) is 12.0 Å². The van der Waals surface area contributed by atoms with E-state index in [0.717, 1.165) is 38.2 Å². The number of imidazole rings is 1. The lowest BCUT2D eigenvalue weighted by Gasteiger charge is -2.10. The molecule has 7 heteroatoms. The number of aromatic nitrogens is 2. The van der Waals surface area contributed by atoms with Gasteiger partial charge >= 0.3 is 0 Å². The Kier molecular flexibility index (Phi) is 5.17. The Hall–Kier alpha value is -0.920. The zero-order valence-corrected chi connectivity index (χ0v) is 13.0. The van der Waals surface area contributed by atoms with Crippen LogP contribution in [0.2, 0.25) is 0 Å². The normalized spacial score (nSPS) is 19.6. The van der Waals surface area contributed by atoms with Gasteiger partial charge in [0.15, 0.2) is 5.03 Å². The van der Waals surface area contributed by atoms with E-state index < -0.39 is 10.0 Å². The van der Waals surface area contributed by atoms with Gasteiger partial charge in [0.2, 0.25) is 0 Å². The predicted molar refractivity (Wildman–Crippen MR) is 78.1 cm³/mol. The fourth-order valence-electron chi connectivity index (χ4n) is 2.52. The van der Waals surface area contributed by atoms with E-state index in [1.165, 1.54) is 6.42 Å². The smallest absolute Gasteiger partial charge is 0.259 e. The summed E-state index contributed by atoms with van der Waals surface area (Å²) in [6.45, 7) is 6.18. The number of nitrogens with zero attached hydrogens (tertiary/aromatic N) is 2. The lowest BCUT2D eigenvalue weighted by atomic mass is 10.2. The van der Waals surface area contributed by atoms with Gasteiger partial charge in [0.25, 0.3) is 10.0 Å². The van der Waals surface area contributed by atoms with Crippen LogP contribution in [0.25, 0.3) is 0 Å². The summed E-state index contributed by atoms with van der Waals surface area (Å²) in [5.74, 6) is 0.740. The molecule has 0 saturated carbocycles. The number of sulfonamides is 1. The number of nitrogens with one attached hydrogen (secondary N) is 2. The van der Waals surface area contributed by atoms with Gasteiger partial charge in [-0.05, 0) is 39.2 Å². The zero-order chi connectivity index (χ0) is 14.6. The standard InChI is InChI=1S/C13H24N4O2S/c1-3-9-17-10-13(16-11(17)2)20(18,19)15-8-6-12-5-4-7-14-12/h10,12,14-15H,3-9H2,1-2H3/t12-/m0/s1. The largest absolute Gasteiger partial charge is 0.334 e. The van der Waals surface area contributed by atoms with Crippen LogP contribution in [0.15, 0.2) is 11.2 Å². The van der Waals surface area contributed by atoms with E-state index in [0.29, 0.717) is 12.6 Å². The quantitative estimate of drug-likeness (QED) is 0.788. The van der Waals surface area contributed by atoms with Crippen LogP contribution in [0.4, 0.5) is 0 Å². The van der Waals surface area contributed by atoms with Crippen molar-refractivity contribution in [2.75, 3.05) is 13.1 Å². The van der Waals surface area contributed by atoms with Crippen molar-refractivity contribution in [3.63, 3.8) is 0 Å². The molecule has 1 aromatic heterocycles. The molecule has 1 saturated heterocycles. The zero-order valence-electron chi connectivity index (χ0n) is 12.2. The van der Waals surface area contributed by atoms with Gasteiger partial charge in [-0.15, -0.1) is 0 Å². The van der Waals surface area contributed by atoms with E-state index in [2.05, 4.69) is 21.9 Å². The fourth-order valence-corrected chi connectivity index (χ4v) is 3.57. The molecule has 2 heterocycles. The van der Waals surface area contributed by atoms with E-state index in [4.69, 9.17) is 0 Å². The van der Waals surface area contributed by atoms with Crippen molar-refractivity contribution in [1.29, 1.82) is 0 Å². The van der Waals surface area contributed by atoms with E-state index in [1.54, 1.807) is 6.20 Å². The maximum absolute atomic E-state index is 12.2. The molecule has 1 aromatic rings. The number of hydrogen-bond donors (Lipinski definition) is 2. The van der Waals surface area contributed by atoms with Crippen LogP contribution in [-0.4, -0.2) is 37.1 Å². The highest BCUT2D eigenvalue weighted by atomic mass is 32.2. The molecule has 1 aliphatic rings. The Balaban J connectivity index is 1.93. The Morgan fingerprint density at radius 1 is 1.55 bits per heavy atom. The van der Waals surface area contributed by atoms with E-state index >= 15 is 0 Å². The second-order valence-corrected chi connectivity index (χ2v) is 7.01. The molecule has 0 amide bonds. The van der Waals surface area contributed by atoms with Gasteiger partial charge in [0, 0.05) is 25.3 Å². The van der Waals surface area contributed by atoms with Crippen molar-refractivity contribution in [2.24, 2.45) is 0 Å². The number of aryl methyl sites for hydroxylation is 2. The molecule has 2 N–H and O–H groups in total. The highest BCUT2D eigenvalue weighted by Gasteiger charge is 2.20. The molecular weight excluding hydrogens is 276 g/mol. The molecule has 1 fully saturated rings. The molecule has 2 rings (SSSR count). The minimum Gasteiger partial charge on any atom is -0.334 e. The SMILES string of the molecule is CCCn1cc(S(=O)(=O)NCC[C@@H]2CCCN2)nc1C. The molecule has 114 valence electrons. The van der Waals surface area contributed by atoms with Crippen LogP contribution in [0.1, 0.15) is 38.4 Å². The summed E-state index contributed by atoms with van der Waals surface area (Å²) < 4.78 is 28.9. The first-order valence-corrected chi connectivity index (χ1v) is 8.78. The van der Waals surface area contributed by atoms with Crippen molar-refractivity contribution >= 4 is 10.0 Å².